The van der Waals surface area contributed by atoms with E-state index in [1.165, 1.54) is 12.1 Å². The molecule has 0 spiro atoms. The lowest BCUT2D eigenvalue weighted by Crippen LogP contribution is -2.61. The molecule has 1 amide bonds. The molecule has 1 aliphatic heterocycles. The molecule has 1 heterocycles. The summed E-state index contributed by atoms with van der Waals surface area (Å²) in [5.74, 6) is -20.5. The molecule has 33 heavy (non-hydrogen) atoms. The fourth-order valence-corrected chi connectivity index (χ4v) is 2.92. The standard InChI is InChI=1S/C19H22F9N3O2/c1-5-31-13(33-11-15(31,2)3)7-6-12(10-29)14(32)30(4)9-8-16(20,21)17(22,23)18(24,25)19(26,27)28/h6-7H,5,8-9,11H2,1-4H3/b12-6+,13-7-. The number of carbonyl (C=O) groups is 1. The number of amides is 1. The summed E-state index contributed by atoms with van der Waals surface area (Å²) in [5, 5.41) is 9.16. The predicted octanol–water partition coefficient (Wildman–Crippen LogP) is 4.73. The summed E-state index contributed by atoms with van der Waals surface area (Å²) in [4.78, 5) is 14.4. The molecule has 0 N–H and O–H groups in total. The van der Waals surface area contributed by atoms with Crippen molar-refractivity contribution < 1.29 is 49.0 Å². The van der Waals surface area contributed by atoms with E-state index in [0.717, 1.165) is 13.1 Å². The van der Waals surface area contributed by atoms with E-state index in [1.54, 1.807) is 4.90 Å². The molecule has 1 rings (SSSR count). The minimum absolute atomic E-state index is 0.294. The minimum atomic E-state index is -7.00. The van der Waals surface area contributed by atoms with Gasteiger partial charge >= 0.3 is 23.9 Å². The second kappa shape index (κ2) is 9.34. The third-order valence-corrected chi connectivity index (χ3v) is 4.95. The first kappa shape index (κ1) is 28.4. The van der Waals surface area contributed by atoms with Gasteiger partial charge in [0, 0.05) is 26.6 Å². The molecule has 0 aromatic rings. The highest BCUT2D eigenvalue weighted by atomic mass is 19.4. The number of rotatable bonds is 8. The van der Waals surface area contributed by atoms with Crippen LogP contribution in [0.5, 0.6) is 0 Å². The number of ether oxygens (including phenoxy) is 1. The second-order valence-corrected chi connectivity index (χ2v) is 7.87. The Kier molecular flexibility index (Phi) is 8.05. The molecule has 1 saturated heterocycles. The van der Waals surface area contributed by atoms with E-state index in [9.17, 15) is 44.3 Å². The average Bonchev–Trinajstić information content (AvgIpc) is 2.98. The summed E-state index contributed by atoms with van der Waals surface area (Å²) in [6.45, 7) is 5.01. The number of halogens is 9. The molecular weight excluding hydrogens is 473 g/mol. The van der Waals surface area contributed by atoms with E-state index in [2.05, 4.69) is 0 Å². The molecule has 0 unspecified atom stereocenters. The zero-order valence-electron chi connectivity index (χ0n) is 18.0. The molecule has 0 aliphatic carbocycles. The molecule has 1 fully saturated rings. The Balaban J connectivity index is 2.99. The Hall–Kier alpha value is -2.59. The molecule has 1 aliphatic rings. The topological polar surface area (TPSA) is 56.6 Å². The van der Waals surface area contributed by atoms with Gasteiger partial charge in [-0.25, -0.2) is 0 Å². The van der Waals surface area contributed by atoms with Gasteiger partial charge in [-0.05, 0) is 32.9 Å². The number of allylic oxidation sites excluding steroid dienone is 2. The third kappa shape index (κ3) is 5.50. The van der Waals surface area contributed by atoms with Crippen molar-refractivity contribution in [3.8, 4) is 6.07 Å². The van der Waals surface area contributed by atoms with Gasteiger partial charge in [-0.1, -0.05) is 0 Å². The SMILES string of the molecule is CCN1/C(=C/C=C(\C#N)C(=O)N(C)CCC(F)(F)C(F)(F)C(F)(F)C(F)(F)F)OCC1(C)C. The molecule has 0 radical (unpaired) electrons. The van der Waals surface area contributed by atoms with Crippen LogP contribution in [0.15, 0.2) is 23.6 Å². The van der Waals surface area contributed by atoms with Crippen LogP contribution in [-0.2, 0) is 9.53 Å². The van der Waals surface area contributed by atoms with Gasteiger partial charge in [0.2, 0.25) is 0 Å². The van der Waals surface area contributed by atoms with Gasteiger partial charge in [0.15, 0.2) is 5.88 Å². The number of nitriles is 1. The summed E-state index contributed by atoms with van der Waals surface area (Å²) in [6, 6.07) is 1.48. The first-order valence-electron chi connectivity index (χ1n) is 9.45. The summed E-state index contributed by atoms with van der Waals surface area (Å²) >= 11 is 0. The van der Waals surface area contributed by atoms with Gasteiger partial charge < -0.3 is 14.5 Å². The summed E-state index contributed by atoms with van der Waals surface area (Å²) in [7, 11) is 0.796. The van der Waals surface area contributed by atoms with Crippen LogP contribution in [0.25, 0.3) is 0 Å². The van der Waals surface area contributed by atoms with E-state index in [-0.39, 0.29) is 0 Å². The summed E-state index contributed by atoms with van der Waals surface area (Å²) in [5.41, 5.74) is -1.03. The molecule has 188 valence electrons. The smallest absolute Gasteiger partial charge is 0.460 e. The third-order valence-electron chi connectivity index (χ3n) is 4.95. The Morgan fingerprint density at radius 3 is 2.15 bits per heavy atom. The summed E-state index contributed by atoms with van der Waals surface area (Å²) in [6.07, 6.45) is -6.89. The predicted molar refractivity (Wildman–Crippen MR) is 97.3 cm³/mol. The highest BCUT2D eigenvalue weighted by molar-refractivity contribution is 5.97. The fraction of sp³-hybridized carbons (Fsp3) is 0.684. The Morgan fingerprint density at radius 1 is 1.15 bits per heavy atom. The molecule has 14 heteroatoms. The maximum atomic E-state index is 13.7. The lowest BCUT2D eigenvalue weighted by molar-refractivity contribution is -0.396. The number of nitrogens with zero attached hydrogens (tertiary/aromatic N) is 3. The quantitative estimate of drug-likeness (QED) is 0.278. The highest BCUT2D eigenvalue weighted by Gasteiger charge is 2.81. The maximum Gasteiger partial charge on any atom is 0.460 e. The van der Waals surface area contributed by atoms with Gasteiger partial charge in [-0.2, -0.15) is 44.8 Å². The normalized spacial score (nSPS) is 18.8. The van der Waals surface area contributed by atoms with Crippen LogP contribution in [0.2, 0.25) is 0 Å². The van der Waals surface area contributed by atoms with E-state index in [0.29, 0.717) is 23.9 Å². The lowest BCUT2D eigenvalue weighted by Gasteiger charge is -2.34. The zero-order valence-corrected chi connectivity index (χ0v) is 18.0. The van der Waals surface area contributed by atoms with Gasteiger partial charge in [0.05, 0.1) is 5.54 Å². The van der Waals surface area contributed by atoms with Crippen molar-refractivity contribution in [3.05, 3.63) is 23.6 Å². The fourth-order valence-electron chi connectivity index (χ4n) is 2.92. The van der Waals surface area contributed by atoms with Crippen LogP contribution in [0.1, 0.15) is 27.2 Å². The molecule has 0 bridgehead atoms. The Bertz CT molecular complexity index is 842. The van der Waals surface area contributed by atoms with Crippen molar-refractivity contribution in [1.29, 1.82) is 5.26 Å². The number of carbonyl (C=O) groups excluding carboxylic acids is 1. The van der Waals surface area contributed by atoms with Crippen LogP contribution in [0.4, 0.5) is 39.5 Å². The van der Waals surface area contributed by atoms with Crippen LogP contribution >= 0.6 is 0 Å². The number of hydrogen-bond acceptors (Lipinski definition) is 4. The van der Waals surface area contributed by atoms with E-state index >= 15 is 0 Å². The largest absolute Gasteiger partial charge is 0.477 e. The molecule has 0 aromatic carbocycles. The van der Waals surface area contributed by atoms with Crippen LogP contribution in [-0.4, -0.2) is 71.9 Å². The monoisotopic (exact) mass is 495 g/mol. The lowest BCUT2D eigenvalue weighted by atomic mass is 10.0. The van der Waals surface area contributed by atoms with Crippen molar-refractivity contribution in [2.45, 2.75) is 56.7 Å². The van der Waals surface area contributed by atoms with Crippen LogP contribution in [0.3, 0.4) is 0 Å². The first-order valence-corrected chi connectivity index (χ1v) is 9.45. The molecule has 5 nitrogen and oxygen atoms in total. The number of likely N-dealkylation sites (N-methyl/N-ethyl adjacent to an activating group) is 2. The van der Waals surface area contributed by atoms with Gasteiger partial charge in [-0.15, -0.1) is 0 Å². The Labute approximate surface area is 184 Å². The zero-order chi connectivity index (χ0) is 26.0. The van der Waals surface area contributed by atoms with E-state index in [1.807, 2.05) is 20.8 Å². The number of alkyl halides is 9. The first-order chi connectivity index (χ1) is 14.8. The van der Waals surface area contributed by atoms with Gasteiger partial charge in [0.1, 0.15) is 18.2 Å². The average molecular weight is 495 g/mol. The van der Waals surface area contributed by atoms with Crippen LogP contribution < -0.4 is 0 Å². The van der Waals surface area contributed by atoms with Crippen molar-refractivity contribution in [3.63, 3.8) is 0 Å². The van der Waals surface area contributed by atoms with E-state index in [4.69, 9.17) is 10.00 Å². The minimum Gasteiger partial charge on any atom is -0.477 e. The van der Waals surface area contributed by atoms with Crippen molar-refractivity contribution in [2.75, 3.05) is 26.7 Å². The maximum absolute atomic E-state index is 13.7. The van der Waals surface area contributed by atoms with Crippen molar-refractivity contribution in [1.82, 2.24) is 9.80 Å². The number of hydrogen-bond donors (Lipinski definition) is 0. The highest BCUT2D eigenvalue weighted by Crippen LogP contribution is 2.54. The van der Waals surface area contributed by atoms with E-state index < -0.39 is 53.9 Å². The van der Waals surface area contributed by atoms with Crippen LogP contribution in [0, 0.1) is 11.3 Å². The molecular formula is C19H22F9N3O2. The summed E-state index contributed by atoms with van der Waals surface area (Å²) < 4.78 is 122. The van der Waals surface area contributed by atoms with Crippen molar-refractivity contribution in [2.24, 2.45) is 0 Å². The molecule has 0 atom stereocenters. The molecule has 0 aromatic heterocycles. The van der Waals surface area contributed by atoms with Gasteiger partial charge in [0.25, 0.3) is 5.91 Å². The van der Waals surface area contributed by atoms with Crippen molar-refractivity contribution >= 4 is 5.91 Å². The Morgan fingerprint density at radius 2 is 1.70 bits per heavy atom. The molecule has 0 saturated carbocycles. The second-order valence-electron chi connectivity index (χ2n) is 7.87. The van der Waals surface area contributed by atoms with Gasteiger partial charge in [-0.3, -0.25) is 4.79 Å².